The molecule has 1 aromatic carbocycles. The first-order chi connectivity index (χ1) is 7.61. The average Bonchev–Trinajstić information content (AvgIpc) is 2.69. The van der Waals surface area contributed by atoms with Crippen molar-refractivity contribution in [2.24, 2.45) is 0 Å². The monoisotopic (exact) mass is 217 g/mol. The maximum Gasteiger partial charge on any atom is 0.145 e. The van der Waals surface area contributed by atoms with E-state index in [-0.39, 0.29) is 0 Å². The molecule has 0 amide bonds. The summed E-state index contributed by atoms with van der Waals surface area (Å²) in [5.41, 5.74) is 9.85. The molecule has 0 fully saturated rings. The highest BCUT2D eigenvalue weighted by Gasteiger charge is 2.08. The first-order valence-electron chi connectivity index (χ1n) is 5.08. The van der Waals surface area contributed by atoms with Gasteiger partial charge in [0.1, 0.15) is 11.6 Å². The molecular formula is C12H15N3O. The van der Waals surface area contributed by atoms with Gasteiger partial charge in [0.2, 0.25) is 0 Å². The number of nitrogen functional groups attached to an aromatic ring is 1. The highest BCUT2D eigenvalue weighted by atomic mass is 16.5. The standard InChI is InChI=1S/C12H15N3O/c1-7-4-9(5-11(16-3)8(7)2)10-6-12(13)15-14-10/h4-6H,1-3H3,(H3,13,14,15). The highest BCUT2D eigenvalue weighted by molar-refractivity contribution is 5.66. The van der Waals surface area contributed by atoms with E-state index in [1.807, 2.05) is 19.1 Å². The number of methoxy groups -OCH3 is 1. The van der Waals surface area contributed by atoms with Gasteiger partial charge in [0.05, 0.1) is 12.8 Å². The van der Waals surface area contributed by atoms with Crippen LogP contribution in [-0.4, -0.2) is 17.3 Å². The number of H-pyrrole nitrogens is 1. The number of rotatable bonds is 2. The van der Waals surface area contributed by atoms with Crippen molar-refractivity contribution in [2.45, 2.75) is 13.8 Å². The SMILES string of the molecule is COc1cc(-c2cc(N)n[nH]2)cc(C)c1C. The Labute approximate surface area is 94.4 Å². The van der Waals surface area contributed by atoms with Gasteiger partial charge < -0.3 is 10.5 Å². The molecular weight excluding hydrogens is 202 g/mol. The van der Waals surface area contributed by atoms with Crippen LogP contribution in [0.1, 0.15) is 11.1 Å². The maximum atomic E-state index is 5.58. The molecule has 0 aliphatic heterocycles. The fourth-order valence-electron chi connectivity index (χ4n) is 1.68. The molecule has 84 valence electrons. The summed E-state index contributed by atoms with van der Waals surface area (Å²) < 4.78 is 5.33. The summed E-state index contributed by atoms with van der Waals surface area (Å²) in [4.78, 5) is 0. The molecule has 0 radical (unpaired) electrons. The van der Waals surface area contributed by atoms with Crippen LogP contribution in [0.25, 0.3) is 11.3 Å². The largest absolute Gasteiger partial charge is 0.496 e. The van der Waals surface area contributed by atoms with Crippen molar-refractivity contribution < 1.29 is 4.74 Å². The van der Waals surface area contributed by atoms with Crippen LogP contribution in [0, 0.1) is 13.8 Å². The fraction of sp³-hybridized carbons (Fsp3) is 0.250. The molecule has 0 unspecified atom stereocenters. The van der Waals surface area contributed by atoms with Gasteiger partial charge >= 0.3 is 0 Å². The van der Waals surface area contributed by atoms with Crippen molar-refractivity contribution in [3.05, 3.63) is 29.3 Å². The Morgan fingerprint density at radius 1 is 1.25 bits per heavy atom. The third kappa shape index (κ3) is 1.74. The van der Waals surface area contributed by atoms with Gasteiger partial charge in [-0.1, -0.05) is 0 Å². The Morgan fingerprint density at radius 3 is 2.56 bits per heavy atom. The van der Waals surface area contributed by atoms with E-state index in [2.05, 4.69) is 23.2 Å². The molecule has 0 spiro atoms. The zero-order chi connectivity index (χ0) is 11.7. The lowest BCUT2D eigenvalue weighted by atomic mass is 10.0. The van der Waals surface area contributed by atoms with Crippen LogP contribution in [0.4, 0.5) is 5.82 Å². The van der Waals surface area contributed by atoms with Crippen molar-refractivity contribution in [3.63, 3.8) is 0 Å². The molecule has 1 aromatic heterocycles. The summed E-state index contributed by atoms with van der Waals surface area (Å²) in [5.74, 6) is 1.37. The molecule has 16 heavy (non-hydrogen) atoms. The molecule has 0 aliphatic rings. The topological polar surface area (TPSA) is 63.9 Å². The van der Waals surface area contributed by atoms with Crippen LogP contribution in [0.5, 0.6) is 5.75 Å². The van der Waals surface area contributed by atoms with Crippen molar-refractivity contribution >= 4 is 5.82 Å². The minimum Gasteiger partial charge on any atom is -0.496 e. The van der Waals surface area contributed by atoms with Gasteiger partial charge in [-0.05, 0) is 37.1 Å². The lowest BCUT2D eigenvalue weighted by Gasteiger charge is -2.09. The van der Waals surface area contributed by atoms with Gasteiger partial charge in [-0.2, -0.15) is 5.10 Å². The minimum absolute atomic E-state index is 0.493. The molecule has 2 aromatic rings. The predicted molar refractivity (Wildman–Crippen MR) is 64.5 cm³/mol. The van der Waals surface area contributed by atoms with Crippen LogP contribution < -0.4 is 10.5 Å². The molecule has 0 saturated heterocycles. The summed E-state index contributed by atoms with van der Waals surface area (Å²) in [5, 5.41) is 6.80. The van der Waals surface area contributed by atoms with E-state index in [4.69, 9.17) is 10.5 Å². The zero-order valence-corrected chi connectivity index (χ0v) is 9.66. The number of aromatic amines is 1. The van der Waals surface area contributed by atoms with Crippen molar-refractivity contribution in [1.29, 1.82) is 0 Å². The fourth-order valence-corrected chi connectivity index (χ4v) is 1.68. The van der Waals surface area contributed by atoms with Crippen molar-refractivity contribution in [2.75, 3.05) is 12.8 Å². The minimum atomic E-state index is 0.493. The van der Waals surface area contributed by atoms with Gasteiger partial charge in [0.25, 0.3) is 0 Å². The number of ether oxygens (including phenoxy) is 1. The van der Waals surface area contributed by atoms with Gasteiger partial charge in [0.15, 0.2) is 0 Å². The highest BCUT2D eigenvalue weighted by Crippen LogP contribution is 2.29. The third-order valence-electron chi connectivity index (χ3n) is 2.75. The lowest BCUT2D eigenvalue weighted by Crippen LogP contribution is -1.91. The van der Waals surface area contributed by atoms with Crippen LogP contribution in [0.3, 0.4) is 0 Å². The Balaban J connectivity index is 2.54. The number of benzene rings is 1. The number of nitrogens with zero attached hydrogens (tertiary/aromatic N) is 1. The van der Waals surface area contributed by atoms with E-state index in [1.54, 1.807) is 7.11 Å². The molecule has 0 aliphatic carbocycles. The second kappa shape index (κ2) is 3.89. The summed E-state index contributed by atoms with van der Waals surface area (Å²) >= 11 is 0. The number of aromatic nitrogens is 2. The Hall–Kier alpha value is -1.97. The zero-order valence-electron chi connectivity index (χ0n) is 9.66. The first-order valence-corrected chi connectivity index (χ1v) is 5.08. The first kappa shape index (κ1) is 10.5. The number of hydrogen-bond acceptors (Lipinski definition) is 3. The summed E-state index contributed by atoms with van der Waals surface area (Å²) in [6.07, 6.45) is 0. The van der Waals surface area contributed by atoms with Crippen LogP contribution in [0.15, 0.2) is 18.2 Å². The third-order valence-corrected chi connectivity index (χ3v) is 2.75. The smallest absolute Gasteiger partial charge is 0.145 e. The van der Waals surface area contributed by atoms with Crippen molar-refractivity contribution in [1.82, 2.24) is 10.2 Å². The van der Waals surface area contributed by atoms with E-state index in [9.17, 15) is 0 Å². The Kier molecular flexibility index (Phi) is 2.56. The summed E-state index contributed by atoms with van der Waals surface area (Å²) in [7, 11) is 1.67. The van der Waals surface area contributed by atoms with Crippen LogP contribution >= 0.6 is 0 Å². The van der Waals surface area contributed by atoms with Crippen LogP contribution in [0.2, 0.25) is 0 Å². The Bertz CT molecular complexity index is 517. The molecule has 3 N–H and O–H groups in total. The maximum absolute atomic E-state index is 5.58. The van der Waals surface area contributed by atoms with Crippen molar-refractivity contribution in [3.8, 4) is 17.0 Å². The lowest BCUT2D eigenvalue weighted by molar-refractivity contribution is 0.411. The van der Waals surface area contributed by atoms with E-state index in [1.165, 1.54) is 5.56 Å². The summed E-state index contributed by atoms with van der Waals surface area (Å²) in [6, 6.07) is 5.88. The number of anilines is 1. The van der Waals surface area contributed by atoms with Gasteiger partial charge in [-0.25, -0.2) is 0 Å². The quantitative estimate of drug-likeness (QED) is 0.811. The molecule has 0 saturated carbocycles. The second-order valence-electron chi connectivity index (χ2n) is 3.83. The van der Waals surface area contributed by atoms with E-state index >= 15 is 0 Å². The molecule has 4 nitrogen and oxygen atoms in total. The number of nitrogens with one attached hydrogen (secondary N) is 1. The number of aryl methyl sites for hydroxylation is 1. The van der Waals surface area contributed by atoms with E-state index < -0.39 is 0 Å². The molecule has 4 heteroatoms. The van der Waals surface area contributed by atoms with Gasteiger partial charge in [-0.15, -0.1) is 0 Å². The summed E-state index contributed by atoms with van der Waals surface area (Å²) in [6.45, 7) is 4.10. The van der Waals surface area contributed by atoms with Crippen LogP contribution in [-0.2, 0) is 0 Å². The Morgan fingerprint density at radius 2 is 2.00 bits per heavy atom. The number of nitrogens with two attached hydrogens (primary N) is 1. The van der Waals surface area contributed by atoms with Gasteiger partial charge in [-0.3, -0.25) is 5.10 Å². The predicted octanol–water partition coefficient (Wildman–Crippen LogP) is 2.28. The average molecular weight is 217 g/mol. The second-order valence-corrected chi connectivity index (χ2v) is 3.83. The number of hydrogen-bond donors (Lipinski definition) is 2. The molecule has 1 heterocycles. The molecule has 2 rings (SSSR count). The van der Waals surface area contributed by atoms with E-state index in [0.29, 0.717) is 5.82 Å². The van der Waals surface area contributed by atoms with Gasteiger partial charge in [0, 0.05) is 11.6 Å². The molecule has 0 bridgehead atoms. The van der Waals surface area contributed by atoms with E-state index in [0.717, 1.165) is 22.6 Å². The molecule has 0 atom stereocenters. The normalized spacial score (nSPS) is 10.4.